The minimum Gasteiger partial charge on any atom is -0.369 e. The van der Waals surface area contributed by atoms with Gasteiger partial charge in [-0.15, -0.1) is 12.4 Å². The highest BCUT2D eigenvalue weighted by Gasteiger charge is 2.21. The van der Waals surface area contributed by atoms with E-state index in [1.807, 2.05) is 0 Å². The number of amides is 1. The van der Waals surface area contributed by atoms with Gasteiger partial charge in [0.05, 0.1) is 15.7 Å². The lowest BCUT2D eigenvalue weighted by atomic mass is 9.95. The summed E-state index contributed by atoms with van der Waals surface area (Å²) >= 11 is 12.9. The number of halogens is 3. The fourth-order valence-electron chi connectivity index (χ4n) is 4.58. The summed E-state index contributed by atoms with van der Waals surface area (Å²) in [5.41, 5.74) is 3.77. The molecule has 1 N–H and O–H groups in total. The molecule has 0 aromatic heterocycles. The van der Waals surface area contributed by atoms with Crippen molar-refractivity contribution >= 4 is 47.2 Å². The summed E-state index contributed by atoms with van der Waals surface area (Å²) in [6, 6.07) is 12.5. The molecule has 2 aliphatic heterocycles. The summed E-state index contributed by atoms with van der Waals surface area (Å²) in [6.45, 7) is 3.54. The van der Waals surface area contributed by atoms with Crippen LogP contribution in [-0.4, -0.2) is 37.5 Å². The van der Waals surface area contributed by atoms with E-state index in [0.717, 1.165) is 43.7 Å². The molecule has 4 rings (SSSR count). The Labute approximate surface area is 201 Å². The van der Waals surface area contributed by atoms with Crippen LogP contribution in [-0.2, 0) is 6.54 Å². The van der Waals surface area contributed by atoms with Crippen LogP contribution in [0, 0.1) is 0 Å². The Balaban J connectivity index is 0.00000272. The molecule has 1 atom stereocenters. The van der Waals surface area contributed by atoms with Crippen LogP contribution in [0.4, 0.5) is 5.69 Å². The van der Waals surface area contributed by atoms with Gasteiger partial charge < -0.3 is 10.2 Å². The first-order chi connectivity index (χ1) is 14.5. The van der Waals surface area contributed by atoms with Crippen molar-refractivity contribution in [1.29, 1.82) is 0 Å². The average Bonchev–Trinajstić information content (AvgIpc) is 3.26. The van der Waals surface area contributed by atoms with Crippen molar-refractivity contribution in [1.82, 2.24) is 10.2 Å². The maximum Gasteiger partial charge on any atom is 0.251 e. The monoisotopic (exact) mass is 481 g/mol. The molecule has 0 radical (unpaired) electrons. The second-order valence-electron chi connectivity index (χ2n) is 8.40. The second-order valence-corrected chi connectivity index (χ2v) is 9.21. The van der Waals surface area contributed by atoms with Gasteiger partial charge in [-0.3, -0.25) is 9.69 Å². The SMILES string of the molecule is CN1CCCCC1c1ccc(CNC(=O)c2cc(Cl)c(N3CCCC3)c(Cl)c2)cc1.Cl. The molecule has 0 bridgehead atoms. The number of likely N-dealkylation sites (tertiary alicyclic amines) is 1. The van der Waals surface area contributed by atoms with Gasteiger partial charge in [-0.05, 0) is 62.5 Å². The highest BCUT2D eigenvalue weighted by Crippen LogP contribution is 2.37. The van der Waals surface area contributed by atoms with Gasteiger partial charge in [-0.25, -0.2) is 0 Å². The van der Waals surface area contributed by atoms with Gasteiger partial charge in [0.25, 0.3) is 5.91 Å². The lowest BCUT2D eigenvalue weighted by molar-refractivity contribution is 0.0951. The van der Waals surface area contributed by atoms with Crippen LogP contribution in [0.3, 0.4) is 0 Å². The van der Waals surface area contributed by atoms with Gasteiger partial charge in [0, 0.05) is 31.2 Å². The molecule has 2 aliphatic rings. The molecule has 2 aromatic carbocycles. The molecule has 2 fully saturated rings. The third-order valence-electron chi connectivity index (χ3n) is 6.29. The molecule has 1 amide bonds. The van der Waals surface area contributed by atoms with Crippen molar-refractivity contribution in [3.8, 4) is 0 Å². The summed E-state index contributed by atoms with van der Waals surface area (Å²) < 4.78 is 0. The zero-order valence-corrected chi connectivity index (χ0v) is 20.2. The van der Waals surface area contributed by atoms with E-state index in [-0.39, 0.29) is 18.3 Å². The Bertz CT molecular complexity index is 874. The van der Waals surface area contributed by atoms with E-state index in [4.69, 9.17) is 23.2 Å². The van der Waals surface area contributed by atoms with Gasteiger partial charge >= 0.3 is 0 Å². The Morgan fingerprint density at radius 2 is 1.61 bits per heavy atom. The summed E-state index contributed by atoms with van der Waals surface area (Å²) in [7, 11) is 2.20. The molecule has 4 nitrogen and oxygen atoms in total. The Morgan fingerprint density at radius 3 is 2.23 bits per heavy atom. The first kappa shape index (κ1) is 24.2. The van der Waals surface area contributed by atoms with Crippen molar-refractivity contribution in [2.24, 2.45) is 0 Å². The zero-order chi connectivity index (χ0) is 21.1. The van der Waals surface area contributed by atoms with Crippen LogP contribution in [0.5, 0.6) is 0 Å². The van der Waals surface area contributed by atoms with Gasteiger partial charge in [-0.1, -0.05) is 53.9 Å². The van der Waals surface area contributed by atoms with Gasteiger partial charge in [0.15, 0.2) is 0 Å². The normalized spacial score (nSPS) is 19.2. The number of hydrogen-bond donors (Lipinski definition) is 1. The summed E-state index contributed by atoms with van der Waals surface area (Å²) in [5.74, 6) is -0.164. The van der Waals surface area contributed by atoms with Crippen molar-refractivity contribution in [2.75, 3.05) is 31.6 Å². The molecule has 0 saturated carbocycles. The van der Waals surface area contributed by atoms with Crippen molar-refractivity contribution in [2.45, 2.75) is 44.7 Å². The number of carbonyl (C=O) groups is 1. The Morgan fingerprint density at radius 1 is 1.00 bits per heavy atom. The van der Waals surface area contributed by atoms with Crippen LogP contribution in [0.1, 0.15) is 59.6 Å². The topological polar surface area (TPSA) is 35.6 Å². The largest absolute Gasteiger partial charge is 0.369 e. The minimum atomic E-state index is -0.164. The predicted octanol–water partition coefficient (Wildman–Crippen LogP) is 6.10. The summed E-state index contributed by atoms with van der Waals surface area (Å²) in [4.78, 5) is 17.3. The number of hydrogen-bond acceptors (Lipinski definition) is 3. The van der Waals surface area contributed by atoms with Crippen LogP contribution >= 0.6 is 35.6 Å². The standard InChI is InChI=1S/C24H29Cl2N3O.ClH/c1-28-11-3-2-6-22(28)18-9-7-17(8-10-18)16-27-24(30)19-14-20(25)23(21(26)15-19)29-12-4-5-13-29;/h7-10,14-15,22H,2-6,11-13,16H2,1H3,(H,27,30);1H. The number of benzene rings is 2. The van der Waals surface area contributed by atoms with Crippen molar-refractivity contribution in [3.63, 3.8) is 0 Å². The number of nitrogens with zero attached hydrogens (tertiary/aromatic N) is 2. The molecule has 2 aromatic rings. The van der Waals surface area contributed by atoms with Crippen LogP contribution in [0.2, 0.25) is 10.0 Å². The Hall–Kier alpha value is -1.46. The highest BCUT2D eigenvalue weighted by molar-refractivity contribution is 6.39. The predicted molar refractivity (Wildman–Crippen MR) is 132 cm³/mol. The third kappa shape index (κ3) is 5.67. The molecule has 31 heavy (non-hydrogen) atoms. The van der Waals surface area contributed by atoms with E-state index < -0.39 is 0 Å². The number of nitrogens with one attached hydrogen (secondary N) is 1. The van der Waals surface area contributed by atoms with E-state index in [1.165, 1.54) is 24.8 Å². The van der Waals surface area contributed by atoms with Crippen molar-refractivity contribution < 1.29 is 4.79 Å². The molecule has 168 valence electrons. The molecule has 0 aliphatic carbocycles. The maximum absolute atomic E-state index is 12.7. The summed E-state index contributed by atoms with van der Waals surface area (Å²) in [6.07, 6.45) is 6.07. The Kier molecular flexibility index (Phi) is 8.51. The quantitative estimate of drug-likeness (QED) is 0.559. The molecule has 0 spiro atoms. The number of anilines is 1. The first-order valence-electron chi connectivity index (χ1n) is 10.8. The van der Waals surface area contributed by atoms with Gasteiger partial charge in [0.2, 0.25) is 0 Å². The van der Waals surface area contributed by atoms with Gasteiger partial charge in [0.1, 0.15) is 0 Å². The van der Waals surface area contributed by atoms with E-state index in [0.29, 0.717) is 28.2 Å². The van der Waals surface area contributed by atoms with Gasteiger partial charge in [-0.2, -0.15) is 0 Å². The lowest BCUT2D eigenvalue weighted by Crippen LogP contribution is -2.29. The van der Waals surface area contributed by atoms with E-state index >= 15 is 0 Å². The van der Waals surface area contributed by atoms with Crippen LogP contribution in [0.15, 0.2) is 36.4 Å². The average molecular weight is 483 g/mol. The van der Waals surface area contributed by atoms with E-state index in [1.54, 1.807) is 12.1 Å². The first-order valence-corrected chi connectivity index (χ1v) is 11.6. The minimum absolute atomic E-state index is 0. The van der Waals surface area contributed by atoms with Crippen LogP contribution in [0.25, 0.3) is 0 Å². The maximum atomic E-state index is 12.7. The molecule has 2 saturated heterocycles. The van der Waals surface area contributed by atoms with Crippen LogP contribution < -0.4 is 10.2 Å². The fourth-order valence-corrected chi connectivity index (χ4v) is 5.30. The third-order valence-corrected chi connectivity index (χ3v) is 6.87. The lowest BCUT2D eigenvalue weighted by Gasteiger charge is -2.32. The second kappa shape index (κ2) is 10.9. The van der Waals surface area contributed by atoms with Crippen molar-refractivity contribution in [3.05, 3.63) is 63.1 Å². The number of rotatable bonds is 5. The summed E-state index contributed by atoms with van der Waals surface area (Å²) in [5, 5.41) is 4.06. The molecular weight excluding hydrogens is 453 g/mol. The zero-order valence-electron chi connectivity index (χ0n) is 17.9. The molecule has 7 heteroatoms. The fraction of sp³-hybridized carbons (Fsp3) is 0.458. The molecule has 1 unspecified atom stereocenters. The smallest absolute Gasteiger partial charge is 0.251 e. The van der Waals surface area contributed by atoms with E-state index in [9.17, 15) is 4.79 Å². The van der Waals surface area contributed by atoms with E-state index in [2.05, 4.69) is 46.4 Å². The highest BCUT2D eigenvalue weighted by atomic mass is 35.5. The number of carbonyl (C=O) groups excluding carboxylic acids is 1. The molecular formula is C24H30Cl3N3O. The number of piperidine rings is 1. The molecule has 2 heterocycles.